The average Bonchev–Trinajstić information content (AvgIpc) is 3.56. The summed E-state index contributed by atoms with van der Waals surface area (Å²) in [5, 5.41) is 15.3. The maximum absolute atomic E-state index is 12.9. The molecule has 1 aliphatic rings. The molecule has 0 saturated carbocycles. The van der Waals surface area contributed by atoms with E-state index in [2.05, 4.69) is 10.1 Å². The summed E-state index contributed by atoms with van der Waals surface area (Å²) in [6.45, 7) is 0.245. The molecule has 0 amide bonds. The Labute approximate surface area is 194 Å². The second kappa shape index (κ2) is 7.81. The van der Waals surface area contributed by atoms with Crippen LogP contribution in [0.4, 0.5) is 5.69 Å². The first-order valence-corrected chi connectivity index (χ1v) is 11.0. The van der Waals surface area contributed by atoms with E-state index in [9.17, 15) is 14.9 Å². The minimum absolute atomic E-state index is 0.0292. The van der Waals surface area contributed by atoms with E-state index in [-0.39, 0.29) is 17.9 Å². The summed E-state index contributed by atoms with van der Waals surface area (Å²) in [6, 6.07) is 16.9. The van der Waals surface area contributed by atoms with Gasteiger partial charge in [-0.3, -0.25) is 14.9 Å². The molecule has 1 atom stereocenters. The number of non-ortho nitro benzene ring substituents is 1. The van der Waals surface area contributed by atoms with Crippen LogP contribution in [0.15, 0.2) is 69.9 Å². The van der Waals surface area contributed by atoms with Gasteiger partial charge in [-0.1, -0.05) is 35.6 Å². The second-order valence-corrected chi connectivity index (χ2v) is 8.46. The van der Waals surface area contributed by atoms with Crippen LogP contribution in [-0.2, 0) is 0 Å². The number of para-hydroxylation sites is 2. The van der Waals surface area contributed by atoms with E-state index in [1.54, 1.807) is 36.4 Å². The molecule has 2 aromatic carbocycles. The van der Waals surface area contributed by atoms with Gasteiger partial charge in [-0.2, -0.15) is 9.50 Å². The maximum atomic E-state index is 12.9. The summed E-state index contributed by atoms with van der Waals surface area (Å²) in [5.41, 5.74) is 0.211. The highest BCUT2D eigenvalue weighted by atomic mass is 32.1. The minimum Gasteiger partial charge on any atom is -0.485 e. The SMILES string of the molecule is O=c1c(=Cc2ccc(-c3cccc([N+](=O)[O-])c3)o2)sc2nc(C3COc4ccccc4O3)nn12. The van der Waals surface area contributed by atoms with Crippen molar-refractivity contribution in [2.24, 2.45) is 0 Å². The quantitative estimate of drug-likeness (QED) is 0.287. The maximum Gasteiger partial charge on any atom is 0.291 e. The van der Waals surface area contributed by atoms with Gasteiger partial charge in [0.15, 0.2) is 23.4 Å². The number of nitro groups is 1. The lowest BCUT2D eigenvalue weighted by Gasteiger charge is -2.24. The van der Waals surface area contributed by atoms with Gasteiger partial charge in [-0.25, -0.2) is 0 Å². The molecule has 11 heteroatoms. The van der Waals surface area contributed by atoms with E-state index in [1.165, 1.54) is 28.0 Å². The van der Waals surface area contributed by atoms with Gasteiger partial charge >= 0.3 is 0 Å². The van der Waals surface area contributed by atoms with Crippen molar-refractivity contribution in [3.63, 3.8) is 0 Å². The lowest BCUT2D eigenvalue weighted by Crippen LogP contribution is -2.26. The Kier molecular flexibility index (Phi) is 4.62. The van der Waals surface area contributed by atoms with Gasteiger partial charge in [0.05, 0.1) is 4.92 Å². The topological polar surface area (TPSA) is 122 Å². The van der Waals surface area contributed by atoms with Gasteiger partial charge in [0, 0.05) is 23.8 Å². The molecule has 0 aliphatic carbocycles. The molecule has 10 nitrogen and oxygen atoms in total. The number of benzene rings is 2. The summed E-state index contributed by atoms with van der Waals surface area (Å²) >= 11 is 1.18. The van der Waals surface area contributed by atoms with Gasteiger partial charge in [-0.05, 0) is 24.3 Å². The number of aromatic nitrogens is 3. The molecule has 4 heterocycles. The number of furan rings is 1. The average molecular weight is 474 g/mol. The molecule has 0 radical (unpaired) electrons. The molecule has 6 rings (SSSR count). The van der Waals surface area contributed by atoms with Crippen LogP contribution < -0.4 is 19.6 Å². The Morgan fingerprint density at radius 1 is 1.12 bits per heavy atom. The van der Waals surface area contributed by atoms with Crippen molar-refractivity contribution in [1.82, 2.24) is 14.6 Å². The Morgan fingerprint density at radius 2 is 1.97 bits per heavy atom. The lowest BCUT2D eigenvalue weighted by molar-refractivity contribution is -0.384. The van der Waals surface area contributed by atoms with Crippen LogP contribution in [0.3, 0.4) is 0 Å². The van der Waals surface area contributed by atoms with Crippen molar-refractivity contribution in [3.05, 3.63) is 97.2 Å². The molecular formula is C23H14N4O6S. The number of nitrogens with zero attached hydrogens (tertiary/aromatic N) is 4. The van der Waals surface area contributed by atoms with Gasteiger partial charge in [-0.15, -0.1) is 5.10 Å². The Bertz CT molecular complexity index is 1670. The number of thiazole rings is 1. The predicted molar refractivity (Wildman–Crippen MR) is 122 cm³/mol. The minimum atomic E-state index is -0.517. The fraction of sp³-hybridized carbons (Fsp3) is 0.0870. The van der Waals surface area contributed by atoms with Crippen molar-refractivity contribution in [3.8, 4) is 22.8 Å². The molecule has 0 fully saturated rings. The number of rotatable bonds is 4. The van der Waals surface area contributed by atoms with Crippen LogP contribution in [0.1, 0.15) is 17.7 Å². The second-order valence-electron chi connectivity index (χ2n) is 7.45. The van der Waals surface area contributed by atoms with Crippen LogP contribution in [0.2, 0.25) is 0 Å². The number of fused-ring (bicyclic) bond motifs is 2. The largest absolute Gasteiger partial charge is 0.485 e. The first-order chi connectivity index (χ1) is 16.5. The van der Waals surface area contributed by atoms with Crippen molar-refractivity contribution in [2.45, 2.75) is 6.10 Å². The van der Waals surface area contributed by atoms with E-state index in [4.69, 9.17) is 13.9 Å². The third-order valence-corrected chi connectivity index (χ3v) is 6.20. The summed E-state index contributed by atoms with van der Waals surface area (Å²) in [4.78, 5) is 28.3. The number of hydrogen-bond donors (Lipinski definition) is 0. The number of nitro benzene ring substituents is 1. The molecule has 3 aromatic heterocycles. The van der Waals surface area contributed by atoms with Crippen LogP contribution in [0.5, 0.6) is 11.5 Å². The van der Waals surface area contributed by atoms with Gasteiger partial charge in [0.1, 0.15) is 22.7 Å². The first kappa shape index (κ1) is 20.1. The molecule has 0 bridgehead atoms. The molecule has 0 spiro atoms. The number of hydrogen-bond acceptors (Lipinski definition) is 9. The Morgan fingerprint density at radius 3 is 2.79 bits per heavy atom. The zero-order valence-corrected chi connectivity index (χ0v) is 18.1. The molecule has 0 N–H and O–H groups in total. The van der Waals surface area contributed by atoms with Crippen LogP contribution >= 0.6 is 11.3 Å². The molecule has 0 saturated heterocycles. The van der Waals surface area contributed by atoms with E-state index in [0.29, 0.717) is 43.9 Å². The third kappa shape index (κ3) is 3.48. The Balaban J connectivity index is 1.29. The van der Waals surface area contributed by atoms with Crippen LogP contribution in [-0.4, -0.2) is 26.1 Å². The standard InChI is InChI=1S/C23H14N4O6S/c28-22-20(11-15-8-9-16(32-15)13-4-3-5-14(10-13)27(29)30)34-23-24-21(25-26(22)23)19-12-31-17-6-1-2-7-18(17)33-19/h1-11,19H,12H2. The number of ether oxygens (including phenoxy) is 2. The van der Waals surface area contributed by atoms with Crippen LogP contribution in [0.25, 0.3) is 22.4 Å². The van der Waals surface area contributed by atoms with E-state index >= 15 is 0 Å². The van der Waals surface area contributed by atoms with Gasteiger partial charge in [0.25, 0.3) is 11.2 Å². The van der Waals surface area contributed by atoms with Crippen molar-refractivity contribution in [1.29, 1.82) is 0 Å². The third-order valence-electron chi connectivity index (χ3n) is 5.24. The van der Waals surface area contributed by atoms with E-state index in [1.807, 2.05) is 18.2 Å². The molecule has 168 valence electrons. The predicted octanol–water partition coefficient (Wildman–Crippen LogP) is 3.38. The molecule has 1 aliphatic heterocycles. The lowest BCUT2D eigenvalue weighted by atomic mass is 10.1. The fourth-order valence-corrected chi connectivity index (χ4v) is 4.51. The molecule has 34 heavy (non-hydrogen) atoms. The fourth-order valence-electron chi connectivity index (χ4n) is 3.62. The van der Waals surface area contributed by atoms with E-state index < -0.39 is 11.0 Å². The normalized spacial score (nSPS) is 15.6. The molecule has 1 unspecified atom stereocenters. The summed E-state index contributed by atoms with van der Waals surface area (Å²) in [7, 11) is 0. The van der Waals surface area contributed by atoms with Crippen molar-refractivity contribution >= 4 is 28.1 Å². The monoisotopic (exact) mass is 474 g/mol. The van der Waals surface area contributed by atoms with E-state index in [0.717, 1.165) is 0 Å². The zero-order valence-electron chi connectivity index (χ0n) is 17.3. The smallest absolute Gasteiger partial charge is 0.291 e. The van der Waals surface area contributed by atoms with Crippen molar-refractivity contribution in [2.75, 3.05) is 6.61 Å². The van der Waals surface area contributed by atoms with Gasteiger partial charge in [0.2, 0.25) is 4.96 Å². The molecular weight excluding hydrogens is 460 g/mol. The highest BCUT2D eigenvalue weighted by Gasteiger charge is 2.27. The van der Waals surface area contributed by atoms with Crippen LogP contribution in [0, 0.1) is 10.1 Å². The summed E-state index contributed by atoms with van der Waals surface area (Å²) < 4.78 is 19.1. The highest BCUT2D eigenvalue weighted by Crippen LogP contribution is 2.35. The van der Waals surface area contributed by atoms with Crippen molar-refractivity contribution < 1.29 is 18.8 Å². The summed E-state index contributed by atoms with van der Waals surface area (Å²) in [5.74, 6) is 2.52. The highest BCUT2D eigenvalue weighted by molar-refractivity contribution is 7.15. The van der Waals surface area contributed by atoms with Gasteiger partial charge < -0.3 is 13.9 Å². The zero-order chi connectivity index (χ0) is 23.2. The first-order valence-electron chi connectivity index (χ1n) is 10.2. The summed E-state index contributed by atoms with van der Waals surface area (Å²) in [6.07, 6.45) is 1.08. The Hall–Kier alpha value is -4.51. The molecule has 5 aromatic rings.